The SMILES string of the molecule is COc1cc(C)nc(N2CCCC(CCN)C2)n1. The Kier molecular flexibility index (Phi) is 4.36. The summed E-state index contributed by atoms with van der Waals surface area (Å²) in [6.07, 6.45) is 3.53. The highest BCUT2D eigenvalue weighted by molar-refractivity contribution is 5.34. The number of piperidine rings is 1. The van der Waals surface area contributed by atoms with Gasteiger partial charge in [0.05, 0.1) is 7.11 Å². The van der Waals surface area contributed by atoms with E-state index in [0.29, 0.717) is 11.8 Å². The average Bonchev–Trinajstić information content (AvgIpc) is 2.39. The molecule has 0 amide bonds. The topological polar surface area (TPSA) is 64.3 Å². The molecule has 1 aromatic rings. The third-order valence-electron chi connectivity index (χ3n) is 3.40. The fourth-order valence-corrected chi connectivity index (χ4v) is 2.49. The monoisotopic (exact) mass is 250 g/mol. The van der Waals surface area contributed by atoms with E-state index in [9.17, 15) is 0 Å². The van der Waals surface area contributed by atoms with Crippen LogP contribution in [0.3, 0.4) is 0 Å². The highest BCUT2D eigenvalue weighted by Crippen LogP contribution is 2.23. The van der Waals surface area contributed by atoms with E-state index in [0.717, 1.165) is 37.7 Å². The summed E-state index contributed by atoms with van der Waals surface area (Å²) in [5.41, 5.74) is 6.59. The molecule has 100 valence electrons. The van der Waals surface area contributed by atoms with Gasteiger partial charge in [-0.25, -0.2) is 4.98 Å². The van der Waals surface area contributed by atoms with Gasteiger partial charge in [0, 0.05) is 24.8 Å². The lowest BCUT2D eigenvalue weighted by Gasteiger charge is -2.32. The van der Waals surface area contributed by atoms with Crippen LogP contribution in [0.25, 0.3) is 0 Å². The Morgan fingerprint density at radius 2 is 2.33 bits per heavy atom. The second-order valence-electron chi connectivity index (χ2n) is 4.88. The molecule has 0 spiro atoms. The first-order valence-electron chi connectivity index (χ1n) is 6.57. The summed E-state index contributed by atoms with van der Waals surface area (Å²) >= 11 is 0. The van der Waals surface area contributed by atoms with Crippen molar-refractivity contribution in [1.82, 2.24) is 9.97 Å². The molecular formula is C13H22N4O. The van der Waals surface area contributed by atoms with E-state index in [4.69, 9.17) is 10.5 Å². The van der Waals surface area contributed by atoms with Crippen molar-refractivity contribution >= 4 is 5.95 Å². The standard InChI is InChI=1S/C13H22N4O/c1-10-8-12(18-2)16-13(15-10)17-7-3-4-11(9-17)5-6-14/h8,11H,3-7,9,14H2,1-2H3. The zero-order valence-electron chi connectivity index (χ0n) is 11.2. The van der Waals surface area contributed by atoms with E-state index in [1.807, 2.05) is 13.0 Å². The normalized spacial score (nSPS) is 19.9. The van der Waals surface area contributed by atoms with Gasteiger partial charge in [0.15, 0.2) is 0 Å². The molecule has 0 bridgehead atoms. The molecule has 2 rings (SSSR count). The molecule has 1 fully saturated rings. The number of aromatic nitrogens is 2. The lowest BCUT2D eigenvalue weighted by molar-refractivity contribution is 0.382. The summed E-state index contributed by atoms with van der Waals surface area (Å²) < 4.78 is 5.20. The average molecular weight is 250 g/mol. The van der Waals surface area contributed by atoms with Crippen molar-refractivity contribution < 1.29 is 4.74 Å². The first kappa shape index (κ1) is 13.1. The van der Waals surface area contributed by atoms with Crippen molar-refractivity contribution in [2.75, 3.05) is 31.6 Å². The summed E-state index contributed by atoms with van der Waals surface area (Å²) in [6.45, 7) is 4.75. The fraction of sp³-hybridized carbons (Fsp3) is 0.692. The van der Waals surface area contributed by atoms with Gasteiger partial charge in [-0.2, -0.15) is 4.98 Å². The highest BCUT2D eigenvalue weighted by atomic mass is 16.5. The molecule has 1 aliphatic rings. The molecule has 1 aliphatic heterocycles. The molecule has 0 saturated carbocycles. The molecule has 0 radical (unpaired) electrons. The molecule has 1 atom stereocenters. The van der Waals surface area contributed by atoms with E-state index in [1.165, 1.54) is 12.8 Å². The minimum atomic E-state index is 0.637. The molecule has 1 unspecified atom stereocenters. The number of aryl methyl sites for hydroxylation is 1. The Labute approximate surface area is 108 Å². The van der Waals surface area contributed by atoms with Crippen molar-refractivity contribution in [3.63, 3.8) is 0 Å². The quantitative estimate of drug-likeness (QED) is 0.874. The Morgan fingerprint density at radius 1 is 1.50 bits per heavy atom. The molecule has 1 saturated heterocycles. The number of nitrogens with two attached hydrogens (primary N) is 1. The molecule has 0 aliphatic carbocycles. The van der Waals surface area contributed by atoms with Crippen LogP contribution in [-0.2, 0) is 0 Å². The number of hydrogen-bond donors (Lipinski definition) is 1. The van der Waals surface area contributed by atoms with E-state index in [-0.39, 0.29) is 0 Å². The Bertz CT molecular complexity index is 395. The van der Waals surface area contributed by atoms with Crippen molar-refractivity contribution in [2.24, 2.45) is 11.7 Å². The van der Waals surface area contributed by atoms with Crippen LogP contribution in [0.4, 0.5) is 5.95 Å². The van der Waals surface area contributed by atoms with Crippen LogP contribution < -0.4 is 15.4 Å². The third kappa shape index (κ3) is 3.10. The number of rotatable bonds is 4. The molecule has 2 N–H and O–H groups in total. The molecule has 5 heteroatoms. The van der Waals surface area contributed by atoms with E-state index in [2.05, 4.69) is 14.9 Å². The van der Waals surface area contributed by atoms with Crippen LogP contribution >= 0.6 is 0 Å². The van der Waals surface area contributed by atoms with E-state index >= 15 is 0 Å². The Morgan fingerprint density at radius 3 is 3.06 bits per heavy atom. The van der Waals surface area contributed by atoms with E-state index < -0.39 is 0 Å². The van der Waals surface area contributed by atoms with Gasteiger partial charge < -0.3 is 15.4 Å². The maximum atomic E-state index is 5.64. The van der Waals surface area contributed by atoms with Gasteiger partial charge in [0.25, 0.3) is 0 Å². The van der Waals surface area contributed by atoms with Gasteiger partial charge >= 0.3 is 0 Å². The Hall–Kier alpha value is -1.36. The number of anilines is 1. The predicted octanol–water partition coefficient (Wildman–Crippen LogP) is 1.36. The smallest absolute Gasteiger partial charge is 0.228 e. The van der Waals surface area contributed by atoms with Crippen LogP contribution in [-0.4, -0.2) is 36.7 Å². The third-order valence-corrected chi connectivity index (χ3v) is 3.40. The summed E-state index contributed by atoms with van der Waals surface area (Å²) in [4.78, 5) is 11.2. The lowest BCUT2D eigenvalue weighted by Crippen LogP contribution is -2.37. The second kappa shape index (κ2) is 6.00. The number of nitrogens with zero attached hydrogens (tertiary/aromatic N) is 3. The molecule has 1 aromatic heterocycles. The van der Waals surface area contributed by atoms with Crippen LogP contribution in [0.1, 0.15) is 25.0 Å². The molecule has 0 aromatic carbocycles. The van der Waals surface area contributed by atoms with Gasteiger partial charge in [0.1, 0.15) is 0 Å². The van der Waals surface area contributed by atoms with Crippen LogP contribution in [0.5, 0.6) is 5.88 Å². The first-order chi connectivity index (χ1) is 8.72. The van der Waals surface area contributed by atoms with Crippen LogP contribution in [0.2, 0.25) is 0 Å². The summed E-state index contributed by atoms with van der Waals surface area (Å²) in [6, 6.07) is 1.85. The van der Waals surface area contributed by atoms with Crippen molar-refractivity contribution in [1.29, 1.82) is 0 Å². The van der Waals surface area contributed by atoms with Gasteiger partial charge in [-0.05, 0) is 38.6 Å². The Balaban J connectivity index is 2.12. The van der Waals surface area contributed by atoms with Crippen LogP contribution in [0, 0.1) is 12.8 Å². The summed E-state index contributed by atoms with van der Waals surface area (Å²) in [5.74, 6) is 2.09. The van der Waals surface area contributed by atoms with Crippen molar-refractivity contribution in [3.05, 3.63) is 11.8 Å². The molecule has 2 heterocycles. The van der Waals surface area contributed by atoms with Gasteiger partial charge in [-0.15, -0.1) is 0 Å². The second-order valence-corrected chi connectivity index (χ2v) is 4.88. The fourth-order valence-electron chi connectivity index (χ4n) is 2.49. The maximum absolute atomic E-state index is 5.64. The number of hydrogen-bond acceptors (Lipinski definition) is 5. The number of methoxy groups -OCH3 is 1. The zero-order chi connectivity index (χ0) is 13.0. The highest BCUT2D eigenvalue weighted by Gasteiger charge is 2.21. The predicted molar refractivity (Wildman–Crippen MR) is 71.9 cm³/mol. The van der Waals surface area contributed by atoms with Gasteiger partial charge in [-0.1, -0.05) is 0 Å². The van der Waals surface area contributed by atoms with Crippen molar-refractivity contribution in [3.8, 4) is 5.88 Å². The van der Waals surface area contributed by atoms with Crippen molar-refractivity contribution in [2.45, 2.75) is 26.2 Å². The maximum Gasteiger partial charge on any atom is 0.228 e. The minimum absolute atomic E-state index is 0.637. The summed E-state index contributed by atoms with van der Waals surface area (Å²) in [5, 5.41) is 0. The molecule has 5 nitrogen and oxygen atoms in total. The first-order valence-corrected chi connectivity index (χ1v) is 6.57. The minimum Gasteiger partial charge on any atom is -0.481 e. The molecule has 18 heavy (non-hydrogen) atoms. The largest absolute Gasteiger partial charge is 0.481 e. The van der Waals surface area contributed by atoms with Crippen LogP contribution in [0.15, 0.2) is 6.07 Å². The zero-order valence-corrected chi connectivity index (χ0v) is 11.2. The molecular weight excluding hydrogens is 228 g/mol. The van der Waals surface area contributed by atoms with Gasteiger partial charge in [-0.3, -0.25) is 0 Å². The van der Waals surface area contributed by atoms with E-state index in [1.54, 1.807) is 7.11 Å². The lowest BCUT2D eigenvalue weighted by atomic mass is 9.95. The summed E-state index contributed by atoms with van der Waals surface area (Å²) in [7, 11) is 1.64. The number of ether oxygens (including phenoxy) is 1. The van der Waals surface area contributed by atoms with Gasteiger partial charge in [0.2, 0.25) is 11.8 Å².